The smallest absolute Gasteiger partial charge is 0.319 e. The average molecular weight is 300 g/mol. The summed E-state index contributed by atoms with van der Waals surface area (Å²) in [7, 11) is 3.51. The van der Waals surface area contributed by atoms with E-state index >= 15 is 0 Å². The Kier molecular flexibility index (Phi) is 5.54. The summed E-state index contributed by atoms with van der Waals surface area (Å²) in [5, 5.41) is 3.39. The van der Waals surface area contributed by atoms with Crippen LogP contribution in [0.3, 0.4) is 0 Å². The highest BCUT2D eigenvalue weighted by atomic mass is 32.2. The van der Waals surface area contributed by atoms with Crippen LogP contribution < -0.4 is 5.32 Å². The number of nitrogens with one attached hydrogen (secondary N) is 1. The lowest BCUT2D eigenvalue weighted by Crippen LogP contribution is -2.53. The topological polar surface area (TPSA) is 55.9 Å². The summed E-state index contributed by atoms with van der Waals surface area (Å²) in [5.41, 5.74) is 0. The Morgan fingerprint density at radius 1 is 1.20 bits per heavy atom. The molecule has 0 aromatic heterocycles. The molecular formula is C13H24N4O2S. The van der Waals surface area contributed by atoms with Gasteiger partial charge in [-0.1, -0.05) is 0 Å². The van der Waals surface area contributed by atoms with Crippen LogP contribution >= 0.6 is 11.8 Å². The first kappa shape index (κ1) is 15.4. The Balaban J connectivity index is 1.75. The van der Waals surface area contributed by atoms with E-state index in [9.17, 15) is 9.59 Å². The van der Waals surface area contributed by atoms with E-state index in [1.54, 1.807) is 23.9 Å². The maximum absolute atomic E-state index is 12.2. The highest BCUT2D eigenvalue weighted by Crippen LogP contribution is 2.13. The predicted octanol–water partition coefficient (Wildman–Crippen LogP) is -0.0927. The van der Waals surface area contributed by atoms with Crippen molar-refractivity contribution in [3.63, 3.8) is 0 Å². The Bertz CT molecular complexity index is 350. The molecule has 2 heterocycles. The number of thioether (sulfide) groups is 1. The minimum Gasteiger partial charge on any atom is -0.339 e. The first-order valence-corrected chi connectivity index (χ1v) is 8.28. The maximum atomic E-state index is 12.2. The standard InChI is InChI=1S/C13H24N4O2S/c1-15(2)13(19)17-6-4-16(5-7-17)12(18)9-11-10-20-8-3-14-11/h11,14H,3-10H2,1-2H3. The van der Waals surface area contributed by atoms with Crippen LogP contribution in [0.25, 0.3) is 0 Å². The molecule has 2 saturated heterocycles. The van der Waals surface area contributed by atoms with Gasteiger partial charge in [-0.05, 0) is 0 Å². The molecule has 7 heteroatoms. The molecular weight excluding hydrogens is 276 g/mol. The molecule has 0 spiro atoms. The number of amides is 3. The monoisotopic (exact) mass is 300 g/mol. The molecule has 1 atom stereocenters. The number of urea groups is 1. The Morgan fingerprint density at radius 2 is 1.85 bits per heavy atom. The molecule has 0 radical (unpaired) electrons. The van der Waals surface area contributed by atoms with Crippen LogP contribution in [0.5, 0.6) is 0 Å². The summed E-state index contributed by atoms with van der Waals surface area (Å²) in [6, 6.07) is 0.338. The molecule has 0 aromatic carbocycles. The van der Waals surface area contributed by atoms with Crippen molar-refractivity contribution in [1.29, 1.82) is 0 Å². The number of hydrogen-bond donors (Lipinski definition) is 1. The van der Waals surface area contributed by atoms with Crippen molar-refractivity contribution < 1.29 is 9.59 Å². The summed E-state index contributed by atoms with van der Waals surface area (Å²) in [6.07, 6.45) is 0.578. The van der Waals surface area contributed by atoms with Crippen molar-refractivity contribution in [1.82, 2.24) is 20.0 Å². The van der Waals surface area contributed by atoms with Crippen LogP contribution in [-0.4, -0.2) is 91.0 Å². The van der Waals surface area contributed by atoms with E-state index in [-0.39, 0.29) is 11.9 Å². The molecule has 1 unspecified atom stereocenters. The van der Waals surface area contributed by atoms with Crippen molar-refractivity contribution in [3.05, 3.63) is 0 Å². The van der Waals surface area contributed by atoms with Gasteiger partial charge in [-0.3, -0.25) is 4.79 Å². The molecule has 0 aromatic rings. The molecule has 0 aliphatic carbocycles. The molecule has 0 bridgehead atoms. The van der Waals surface area contributed by atoms with Crippen molar-refractivity contribution in [2.45, 2.75) is 12.5 Å². The van der Waals surface area contributed by atoms with Crippen LogP contribution in [0.2, 0.25) is 0 Å². The van der Waals surface area contributed by atoms with Gasteiger partial charge >= 0.3 is 6.03 Å². The van der Waals surface area contributed by atoms with E-state index in [0.717, 1.165) is 18.1 Å². The number of hydrogen-bond acceptors (Lipinski definition) is 4. The van der Waals surface area contributed by atoms with Crippen molar-refractivity contribution >= 4 is 23.7 Å². The van der Waals surface area contributed by atoms with Crippen molar-refractivity contribution in [2.75, 3.05) is 58.3 Å². The maximum Gasteiger partial charge on any atom is 0.319 e. The molecule has 114 valence electrons. The second kappa shape index (κ2) is 7.17. The van der Waals surface area contributed by atoms with Gasteiger partial charge < -0.3 is 20.0 Å². The van der Waals surface area contributed by atoms with Gasteiger partial charge in [-0.2, -0.15) is 11.8 Å². The van der Waals surface area contributed by atoms with Crippen molar-refractivity contribution in [3.8, 4) is 0 Å². The Hall–Kier alpha value is -0.950. The van der Waals surface area contributed by atoms with Gasteiger partial charge in [0, 0.05) is 70.8 Å². The molecule has 2 aliphatic rings. The fourth-order valence-corrected chi connectivity index (χ4v) is 3.47. The zero-order chi connectivity index (χ0) is 14.5. The molecule has 3 amide bonds. The van der Waals surface area contributed by atoms with E-state index in [1.807, 2.05) is 16.7 Å². The van der Waals surface area contributed by atoms with E-state index in [1.165, 1.54) is 0 Å². The lowest BCUT2D eigenvalue weighted by molar-refractivity contribution is -0.133. The highest BCUT2D eigenvalue weighted by Gasteiger charge is 2.26. The van der Waals surface area contributed by atoms with E-state index in [2.05, 4.69) is 5.32 Å². The predicted molar refractivity (Wildman–Crippen MR) is 81.0 cm³/mol. The number of rotatable bonds is 2. The summed E-state index contributed by atoms with van der Waals surface area (Å²) < 4.78 is 0. The van der Waals surface area contributed by atoms with Gasteiger partial charge in [0.15, 0.2) is 0 Å². The van der Waals surface area contributed by atoms with Crippen molar-refractivity contribution in [2.24, 2.45) is 0 Å². The van der Waals surface area contributed by atoms with Gasteiger partial charge in [0.2, 0.25) is 5.91 Å². The fourth-order valence-electron chi connectivity index (χ4n) is 2.52. The second-order valence-corrected chi connectivity index (χ2v) is 6.62. The Labute approximate surface area is 124 Å². The third kappa shape index (κ3) is 4.02. The number of carbonyl (C=O) groups excluding carboxylic acids is 2. The summed E-state index contributed by atoms with van der Waals surface area (Å²) in [6.45, 7) is 3.56. The van der Waals surface area contributed by atoms with E-state index < -0.39 is 0 Å². The van der Waals surface area contributed by atoms with Gasteiger partial charge in [-0.25, -0.2) is 4.79 Å². The van der Waals surface area contributed by atoms with E-state index in [0.29, 0.717) is 38.6 Å². The van der Waals surface area contributed by atoms with Gasteiger partial charge in [0.25, 0.3) is 0 Å². The fraction of sp³-hybridized carbons (Fsp3) is 0.846. The SMILES string of the molecule is CN(C)C(=O)N1CCN(C(=O)CC2CSCCN2)CC1. The summed E-state index contributed by atoms with van der Waals surface area (Å²) in [5.74, 6) is 2.36. The Morgan fingerprint density at radius 3 is 2.40 bits per heavy atom. The minimum atomic E-state index is 0.0300. The third-order valence-electron chi connectivity index (χ3n) is 3.70. The molecule has 20 heavy (non-hydrogen) atoms. The van der Waals surface area contributed by atoms with Crippen LogP contribution in [0.1, 0.15) is 6.42 Å². The van der Waals surface area contributed by atoms with E-state index in [4.69, 9.17) is 0 Å². The summed E-state index contributed by atoms with van der Waals surface area (Å²) >= 11 is 1.91. The number of carbonyl (C=O) groups is 2. The lowest BCUT2D eigenvalue weighted by Gasteiger charge is -2.36. The number of piperazine rings is 1. The third-order valence-corrected chi connectivity index (χ3v) is 4.84. The van der Waals surface area contributed by atoms with Crippen LogP contribution in [-0.2, 0) is 4.79 Å². The normalized spacial score (nSPS) is 23.6. The van der Waals surface area contributed by atoms with Gasteiger partial charge in [-0.15, -0.1) is 0 Å². The van der Waals surface area contributed by atoms with Crippen LogP contribution in [0.15, 0.2) is 0 Å². The molecule has 6 nitrogen and oxygen atoms in total. The molecule has 2 fully saturated rings. The highest BCUT2D eigenvalue weighted by molar-refractivity contribution is 7.99. The molecule has 1 N–H and O–H groups in total. The minimum absolute atomic E-state index is 0.0300. The molecule has 2 rings (SSSR count). The zero-order valence-electron chi connectivity index (χ0n) is 12.3. The average Bonchev–Trinajstić information content (AvgIpc) is 2.47. The van der Waals surface area contributed by atoms with Crippen LogP contribution in [0.4, 0.5) is 4.79 Å². The number of nitrogens with zero attached hydrogens (tertiary/aromatic N) is 3. The quantitative estimate of drug-likeness (QED) is 0.774. The van der Waals surface area contributed by atoms with Gasteiger partial charge in [0.1, 0.15) is 0 Å². The first-order chi connectivity index (χ1) is 9.58. The lowest BCUT2D eigenvalue weighted by atomic mass is 10.2. The largest absolute Gasteiger partial charge is 0.339 e. The molecule has 0 saturated carbocycles. The first-order valence-electron chi connectivity index (χ1n) is 7.13. The molecule has 2 aliphatic heterocycles. The second-order valence-electron chi connectivity index (χ2n) is 5.47. The zero-order valence-corrected chi connectivity index (χ0v) is 13.1. The van der Waals surface area contributed by atoms with Gasteiger partial charge in [0.05, 0.1) is 0 Å². The van der Waals surface area contributed by atoms with Crippen LogP contribution in [0, 0.1) is 0 Å². The summed E-state index contributed by atoms with van der Waals surface area (Å²) in [4.78, 5) is 29.3.